The second-order valence-electron chi connectivity index (χ2n) is 6.68. The fourth-order valence-electron chi connectivity index (χ4n) is 2.82. The third kappa shape index (κ3) is 7.88. The van der Waals surface area contributed by atoms with Crippen LogP contribution in [0.2, 0.25) is 0 Å². The molecule has 3 aromatic rings. The summed E-state index contributed by atoms with van der Waals surface area (Å²) in [6, 6.07) is 17.3. The summed E-state index contributed by atoms with van der Waals surface area (Å²) in [6.07, 6.45) is 1.64. The zero-order chi connectivity index (χ0) is 21.9. The molecule has 0 bridgehead atoms. The van der Waals surface area contributed by atoms with Crippen molar-refractivity contribution in [2.45, 2.75) is 20.0 Å². The zero-order valence-corrected chi connectivity index (χ0v) is 20.5. The number of carbonyl (C=O) groups is 1. The topological polar surface area (TPSA) is 101 Å². The number of nitrogens with one attached hydrogen (secondary N) is 3. The van der Waals surface area contributed by atoms with Gasteiger partial charge in [-0.2, -0.15) is 0 Å². The van der Waals surface area contributed by atoms with Crippen molar-refractivity contribution in [3.63, 3.8) is 0 Å². The van der Waals surface area contributed by atoms with E-state index in [2.05, 4.69) is 25.9 Å². The number of aromatic nitrogens is 1. The standard InChI is InChI=1S/C23H27N5O3.HI/c1-3-25-21(29)16-30-20-11-7-8-17(12-20)13-26-23(24-2)27-14-19-15-31-22(28-19)18-9-5-4-6-10-18;/h4-12,15H,3,13-14,16H2,1-2H3,(H,25,29)(H2,24,26,27);1H. The molecule has 1 aromatic heterocycles. The predicted molar refractivity (Wildman–Crippen MR) is 135 cm³/mol. The van der Waals surface area contributed by atoms with Crippen molar-refractivity contribution in [1.82, 2.24) is 20.9 Å². The molecule has 0 spiro atoms. The van der Waals surface area contributed by atoms with Gasteiger partial charge in [0.05, 0.1) is 12.2 Å². The minimum absolute atomic E-state index is 0. The van der Waals surface area contributed by atoms with Gasteiger partial charge in [-0.1, -0.05) is 30.3 Å². The fourth-order valence-corrected chi connectivity index (χ4v) is 2.82. The summed E-state index contributed by atoms with van der Waals surface area (Å²) in [5, 5.41) is 9.18. The highest BCUT2D eigenvalue weighted by Crippen LogP contribution is 2.17. The molecule has 1 heterocycles. The van der Waals surface area contributed by atoms with Crippen LogP contribution in [0.25, 0.3) is 11.5 Å². The van der Waals surface area contributed by atoms with Gasteiger partial charge in [0, 0.05) is 25.7 Å². The van der Waals surface area contributed by atoms with E-state index in [4.69, 9.17) is 9.15 Å². The lowest BCUT2D eigenvalue weighted by atomic mass is 10.2. The highest BCUT2D eigenvalue weighted by Gasteiger charge is 2.07. The Morgan fingerprint density at radius 3 is 2.59 bits per heavy atom. The van der Waals surface area contributed by atoms with Crippen molar-refractivity contribution in [1.29, 1.82) is 0 Å². The van der Waals surface area contributed by atoms with Crippen LogP contribution in [0, 0.1) is 0 Å². The quantitative estimate of drug-likeness (QED) is 0.215. The molecule has 0 aliphatic carbocycles. The summed E-state index contributed by atoms with van der Waals surface area (Å²) in [6.45, 7) is 3.48. The molecule has 32 heavy (non-hydrogen) atoms. The molecular formula is C23H28IN5O3. The number of oxazole rings is 1. The Morgan fingerprint density at radius 2 is 1.84 bits per heavy atom. The molecule has 0 aliphatic rings. The maximum Gasteiger partial charge on any atom is 0.257 e. The lowest BCUT2D eigenvalue weighted by molar-refractivity contribution is -0.122. The smallest absolute Gasteiger partial charge is 0.257 e. The highest BCUT2D eigenvalue weighted by atomic mass is 127. The number of hydrogen-bond donors (Lipinski definition) is 3. The SMILES string of the molecule is CCNC(=O)COc1cccc(CNC(=NC)NCc2coc(-c3ccccc3)n2)c1.I. The first-order chi connectivity index (χ1) is 15.2. The van der Waals surface area contributed by atoms with Crippen molar-refractivity contribution in [2.75, 3.05) is 20.2 Å². The van der Waals surface area contributed by atoms with Crippen LogP contribution in [0.15, 0.2) is 70.3 Å². The van der Waals surface area contributed by atoms with Crippen LogP contribution in [0.3, 0.4) is 0 Å². The summed E-state index contributed by atoms with van der Waals surface area (Å²) in [7, 11) is 1.71. The molecule has 0 atom stereocenters. The van der Waals surface area contributed by atoms with E-state index in [1.165, 1.54) is 0 Å². The van der Waals surface area contributed by atoms with E-state index in [1.807, 2.05) is 61.5 Å². The maximum absolute atomic E-state index is 11.5. The molecule has 3 rings (SSSR count). The molecule has 8 nitrogen and oxygen atoms in total. The lowest BCUT2D eigenvalue weighted by Gasteiger charge is -2.12. The van der Waals surface area contributed by atoms with E-state index in [-0.39, 0.29) is 36.5 Å². The molecule has 3 N–H and O–H groups in total. The summed E-state index contributed by atoms with van der Waals surface area (Å²) >= 11 is 0. The van der Waals surface area contributed by atoms with Gasteiger partial charge in [-0.3, -0.25) is 9.79 Å². The van der Waals surface area contributed by atoms with E-state index in [0.29, 0.717) is 37.2 Å². The van der Waals surface area contributed by atoms with Gasteiger partial charge >= 0.3 is 0 Å². The molecule has 0 saturated heterocycles. The number of hydrogen-bond acceptors (Lipinski definition) is 5. The normalized spacial score (nSPS) is 10.8. The number of nitrogens with zero attached hydrogens (tertiary/aromatic N) is 2. The van der Waals surface area contributed by atoms with Gasteiger partial charge in [0.25, 0.3) is 5.91 Å². The average Bonchev–Trinajstić information content (AvgIpc) is 3.28. The van der Waals surface area contributed by atoms with Gasteiger partial charge in [-0.15, -0.1) is 24.0 Å². The van der Waals surface area contributed by atoms with Crippen LogP contribution < -0.4 is 20.7 Å². The lowest BCUT2D eigenvalue weighted by Crippen LogP contribution is -2.36. The first kappa shape index (κ1) is 25.2. The molecule has 9 heteroatoms. The monoisotopic (exact) mass is 549 g/mol. The summed E-state index contributed by atoms with van der Waals surface area (Å²) < 4.78 is 11.1. The summed E-state index contributed by atoms with van der Waals surface area (Å²) in [4.78, 5) is 20.3. The minimum Gasteiger partial charge on any atom is -0.484 e. The molecule has 0 fully saturated rings. The van der Waals surface area contributed by atoms with Crippen LogP contribution >= 0.6 is 24.0 Å². The Balaban J connectivity index is 0.00000363. The number of aliphatic imine (C=N–C) groups is 1. The molecule has 170 valence electrons. The van der Waals surface area contributed by atoms with Crippen molar-refractivity contribution in [3.05, 3.63) is 72.1 Å². The summed E-state index contributed by atoms with van der Waals surface area (Å²) in [5.41, 5.74) is 2.72. The van der Waals surface area contributed by atoms with E-state index in [9.17, 15) is 4.79 Å². The van der Waals surface area contributed by atoms with Gasteiger partial charge in [0.2, 0.25) is 5.89 Å². The Bertz CT molecular complexity index is 1010. The van der Waals surface area contributed by atoms with Gasteiger partial charge in [-0.05, 0) is 36.8 Å². The van der Waals surface area contributed by atoms with Crippen molar-refractivity contribution >= 4 is 35.8 Å². The maximum atomic E-state index is 11.5. The van der Waals surface area contributed by atoms with Crippen LogP contribution in [-0.4, -0.2) is 37.1 Å². The molecule has 0 aliphatic heterocycles. The second kappa shape index (κ2) is 13.4. The van der Waals surface area contributed by atoms with E-state index in [0.717, 1.165) is 16.8 Å². The number of rotatable bonds is 9. The molecule has 0 saturated carbocycles. The van der Waals surface area contributed by atoms with E-state index < -0.39 is 0 Å². The van der Waals surface area contributed by atoms with Crippen LogP contribution in [0.5, 0.6) is 5.75 Å². The third-order valence-electron chi connectivity index (χ3n) is 4.34. The van der Waals surface area contributed by atoms with Crippen molar-refractivity contribution < 1.29 is 13.9 Å². The zero-order valence-electron chi connectivity index (χ0n) is 18.1. The molecule has 0 unspecified atom stereocenters. The fraction of sp³-hybridized carbons (Fsp3) is 0.261. The molecule has 1 amide bonds. The van der Waals surface area contributed by atoms with Gasteiger partial charge in [0.15, 0.2) is 12.6 Å². The third-order valence-corrected chi connectivity index (χ3v) is 4.34. The minimum atomic E-state index is -0.140. The molecule has 0 radical (unpaired) electrons. The Kier molecular flexibility index (Phi) is 10.5. The summed E-state index contributed by atoms with van der Waals surface area (Å²) in [5.74, 6) is 1.73. The Labute approximate surface area is 204 Å². The van der Waals surface area contributed by atoms with E-state index in [1.54, 1.807) is 13.3 Å². The van der Waals surface area contributed by atoms with Crippen LogP contribution in [0.1, 0.15) is 18.2 Å². The Hall–Kier alpha value is -3.08. The van der Waals surface area contributed by atoms with Crippen molar-refractivity contribution in [3.8, 4) is 17.2 Å². The first-order valence-corrected chi connectivity index (χ1v) is 10.1. The molecular weight excluding hydrogens is 521 g/mol. The van der Waals surface area contributed by atoms with Gasteiger partial charge < -0.3 is 25.1 Å². The van der Waals surface area contributed by atoms with Crippen molar-refractivity contribution in [2.24, 2.45) is 4.99 Å². The number of benzene rings is 2. The second-order valence-corrected chi connectivity index (χ2v) is 6.68. The van der Waals surface area contributed by atoms with E-state index >= 15 is 0 Å². The number of amides is 1. The number of guanidine groups is 1. The Morgan fingerprint density at radius 1 is 1.06 bits per heavy atom. The van der Waals surface area contributed by atoms with Crippen LogP contribution in [0.4, 0.5) is 0 Å². The number of halogens is 1. The predicted octanol–water partition coefficient (Wildman–Crippen LogP) is 3.34. The number of carbonyl (C=O) groups excluding carboxylic acids is 1. The van der Waals surface area contributed by atoms with Crippen LogP contribution in [-0.2, 0) is 17.9 Å². The number of likely N-dealkylation sites (N-methyl/N-ethyl adjacent to an activating group) is 1. The first-order valence-electron chi connectivity index (χ1n) is 10.1. The largest absolute Gasteiger partial charge is 0.484 e. The van der Waals surface area contributed by atoms with Gasteiger partial charge in [-0.25, -0.2) is 4.98 Å². The number of ether oxygens (including phenoxy) is 1. The van der Waals surface area contributed by atoms with Gasteiger partial charge in [0.1, 0.15) is 12.0 Å². The molecule has 2 aromatic carbocycles. The average molecular weight is 549 g/mol. The highest BCUT2D eigenvalue weighted by molar-refractivity contribution is 14.0.